The maximum atomic E-state index is 13.3. The number of amides is 1. The van der Waals surface area contributed by atoms with Crippen LogP contribution in [0.1, 0.15) is 28.3 Å². The van der Waals surface area contributed by atoms with Gasteiger partial charge in [-0.05, 0) is 60.0 Å². The number of hydrogen-bond acceptors (Lipinski definition) is 4. The van der Waals surface area contributed by atoms with Crippen molar-refractivity contribution in [3.8, 4) is 5.75 Å². The van der Waals surface area contributed by atoms with Crippen molar-refractivity contribution in [3.63, 3.8) is 0 Å². The van der Waals surface area contributed by atoms with Crippen LogP contribution in [0.4, 0.5) is 5.69 Å². The first kappa shape index (κ1) is 21.6. The fourth-order valence-corrected chi connectivity index (χ4v) is 4.97. The molecule has 1 N–H and O–H groups in total. The van der Waals surface area contributed by atoms with E-state index in [-0.39, 0.29) is 11.3 Å². The van der Waals surface area contributed by atoms with E-state index in [0.717, 1.165) is 22.4 Å². The fourth-order valence-electron chi connectivity index (χ4n) is 4.45. The van der Waals surface area contributed by atoms with Crippen molar-refractivity contribution in [3.05, 3.63) is 98.5 Å². The summed E-state index contributed by atoms with van der Waals surface area (Å²) >= 11 is 12.4. The Morgan fingerprint density at radius 1 is 1.03 bits per heavy atom. The molecule has 0 aliphatic carbocycles. The monoisotopic (exact) mass is 479 g/mol. The second-order valence-corrected chi connectivity index (χ2v) is 8.95. The van der Waals surface area contributed by atoms with Crippen LogP contribution in [0.2, 0.25) is 10.0 Å². The molecule has 3 aromatic rings. The number of aliphatic hydroxyl groups excluding tert-OH is 1. The highest BCUT2D eigenvalue weighted by Gasteiger charge is 2.47. The number of benzene rings is 3. The average Bonchev–Trinajstić information content (AvgIpc) is 3.35. The predicted octanol–water partition coefficient (Wildman–Crippen LogP) is 5.86. The minimum atomic E-state index is -0.842. The summed E-state index contributed by atoms with van der Waals surface area (Å²) in [7, 11) is 0. The van der Waals surface area contributed by atoms with Gasteiger partial charge >= 0.3 is 0 Å². The predicted molar refractivity (Wildman–Crippen MR) is 128 cm³/mol. The van der Waals surface area contributed by atoms with E-state index in [4.69, 9.17) is 27.9 Å². The molecule has 0 aromatic heterocycles. The van der Waals surface area contributed by atoms with Gasteiger partial charge in [-0.1, -0.05) is 47.5 Å². The molecule has 5 nitrogen and oxygen atoms in total. The Morgan fingerprint density at radius 2 is 1.76 bits per heavy atom. The van der Waals surface area contributed by atoms with Gasteiger partial charge in [0.1, 0.15) is 11.5 Å². The van der Waals surface area contributed by atoms with Crippen molar-refractivity contribution < 1.29 is 19.4 Å². The Kier molecular flexibility index (Phi) is 5.39. The van der Waals surface area contributed by atoms with Gasteiger partial charge in [-0.15, -0.1) is 0 Å². The van der Waals surface area contributed by atoms with E-state index in [9.17, 15) is 14.7 Å². The number of nitrogens with zero attached hydrogens (tertiary/aromatic N) is 1. The van der Waals surface area contributed by atoms with E-state index in [1.54, 1.807) is 36.4 Å². The number of halogens is 2. The van der Waals surface area contributed by atoms with Gasteiger partial charge in [0.05, 0.1) is 18.2 Å². The molecule has 1 amide bonds. The lowest BCUT2D eigenvalue weighted by atomic mass is 9.92. The maximum absolute atomic E-state index is 13.3. The zero-order valence-corrected chi connectivity index (χ0v) is 19.2. The van der Waals surface area contributed by atoms with E-state index in [0.29, 0.717) is 34.3 Å². The molecule has 1 unspecified atom stereocenters. The minimum absolute atomic E-state index is 0.0178. The van der Waals surface area contributed by atoms with Gasteiger partial charge in [0.2, 0.25) is 0 Å². The molecule has 0 radical (unpaired) electrons. The van der Waals surface area contributed by atoms with Crippen molar-refractivity contribution >= 4 is 46.3 Å². The number of carbonyl (C=O) groups is 2. The van der Waals surface area contributed by atoms with Crippen LogP contribution in [0.3, 0.4) is 0 Å². The standard InChI is InChI=1S/C26H19Cl2NO4/c1-14-4-2-3-5-20(14)23-22(24(30)16-6-7-21-15(10-16)8-9-33-21)25(31)26(32)29(23)19-12-17(27)11-18(28)13-19/h2-7,10-13,23,30H,8-9H2,1H3/b24-22+. The molecule has 2 aliphatic heterocycles. The normalized spacial score (nSPS) is 19.0. The van der Waals surface area contributed by atoms with Gasteiger partial charge in [-0.25, -0.2) is 0 Å². The lowest BCUT2D eigenvalue weighted by Gasteiger charge is -2.27. The highest BCUT2D eigenvalue weighted by molar-refractivity contribution is 6.52. The number of anilines is 1. The molecule has 0 spiro atoms. The molecule has 0 bridgehead atoms. The van der Waals surface area contributed by atoms with Crippen molar-refractivity contribution in [2.45, 2.75) is 19.4 Å². The van der Waals surface area contributed by atoms with Gasteiger partial charge in [0.15, 0.2) is 0 Å². The Hall–Kier alpha value is -3.28. The summed E-state index contributed by atoms with van der Waals surface area (Å²) < 4.78 is 5.55. The van der Waals surface area contributed by atoms with Gasteiger partial charge in [-0.3, -0.25) is 14.5 Å². The molecule has 5 rings (SSSR count). The molecule has 33 heavy (non-hydrogen) atoms. The van der Waals surface area contributed by atoms with Crippen LogP contribution in [0, 0.1) is 6.92 Å². The molecule has 1 saturated heterocycles. The Labute approximate surface area is 200 Å². The lowest BCUT2D eigenvalue weighted by Crippen LogP contribution is -2.29. The van der Waals surface area contributed by atoms with Crippen molar-refractivity contribution in [2.24, 2.45) is 0 Å². The maximum Gasteiger partial charge on any atom is 0.300 e. The molecular formula is C26H19Cl2NO4. The molecular weight excluding hydrogens is 461 g/mol. The largest absolute Gasteiger partial charge is 0.507 e. The fraction of sp³-hybridized carbons (Fsp3) is 0.154. The first-order chi connectivity index (χ1) is 15.8. The molecule has 7 heteroatoms. The van der Waals surface area contributed by atoms with Crippen LogP contribution in [0.25, 0.3) is 5.76 Å². The third-order valence-corrected chi connectivity index (χ3v) is 6.45. The first-order valence-corrected chi connectivity index (χ1v) is 11.2. The third-order valence-electron chi connectivity index (χ3n) is 6.02. The summed E-state index contributed by atoms with van der Waals surface area (Å²) in [5.41, 5.74) is 3.39. The first-order valence-electron chi connectivity index (χ1n) is 10.4. The van der Waals surface area contributed by atoms with Gasteiger partial charge < -0.3 is 9.84 Å². The Balaban J connectivity index is 1.74. The van der Waals surface area contributed by atoms with Crippen LogP contribution in [0.5, 0.6) is 5.75 Å². The molecule has 2 heterocycles. The van der Waals surface area contributed by atoms with E-state index in [1.807, 2.05) is 31.2 Å². The molecule has 1 atom stereocenters. The van der Waals surface area contributed by atoms with Gasteiger partial charge in [-0.2, -0.15) is 0 Å². The molecule has 2 aliphatic rings. The quantitative estimate of drug-likeness (QED) is 0.290. The number of ketones is 1. The van der Waals surface area contributed by atoms with Crippen molar-refractivity contribution in [1.29, 1.82) is 0 Å². The number of rotatable bonds is 3. The van der Waals surface area contributed by atoms with Crippen LogP contribution >= 0.6 is 23.2 Å². The lowest BCUT2D eigenvalue weighted by molar-refractivity contribution is -0.132. The van der Waals surface area contributed by atoms with E-state index in [2.05, 4.69) is 0 Å². The zero-order chi connectivity index (χ0) is 23.3. The number of aliphatic hydroxyl groups is 1. The number of hydrogen-bond donors (Lipinski definition) is 1. The highest BCUT2D eigenvalue weighted by atomic mass is 35.5. The zero-order valence-electron chi connectivity index (χ0n) is 17.6. The number of Topliss-reactive ketones (excluding diaryl/α,β-unsaturated/α-hetero) is 1. The molecule has 1 fully saturated rings. The second-order valence-electron chi connectivity index (χ2n) is 8.07. The Morgan fingerprint density at radius 3 is 2.48 bits per heavy atom. The topological polar surface area (TPSA) is 66.8 Å². The van der Waals surface area contributed by atoms with Crippen LogP contribution in [-0.4, -0.2) is 23.4 Å². The number of fused-ring (bicyclic) bond motifs is 1. The van der Waals surface area contributed by atoms with Crippen LogP contribution in [0.15, 0.2) is 66.2 Å². The van der Waals surface area contributed by atoms with Gasteiger partial charge in [0, 0.05) is 27.7 Å². The Bertz CT molecular complexity index is 1330. The molecule has 166 valence electrons. The van der Waals surface area contributed by atoms with Crippen molar-refractivity contribution in [1.82, 2.24) is 0 Å². The molecule has 3 aromatic carbocycles. The van der Waals surface area contributed by atoms with Crippen LogP contribution < -0.4 is 9.64 Å². The average molecular weight is 480 g/mol. The summed E-state index contributed by atoms with van der Waals surface area (Å²) in [5.74, 6) is -0.996. The highest BCUT2D eigenvalue weighted by Crippen LogP contribution is 2.44. The summed E-state index contributed by atoms with van der Waals surface area (Å²) in [5, 5.41) is 12.0. The van der Waals surface area contributed by atoms with E-state index in [1.165, 1.54) is 4.90 Å². The summed E-state index contributed by atoms with van der Waals surface area (Å²) in [6.45, 7) is 2.47. The van der Waals surface area contributed by atoms with Crippen LogP contribution in [-0.2, 0) is 16.0 Å². The van der Waals surface area contributed by atoms with Gasteiger partial charge in [0.25, 0.3) is 11.7 Å². The third kappa shape index (κ3) is 3.67. The number of aryl methyl sites for hydroxylation is 1. The summed E-state index contributed by atoms with van der Waals surface area (Å²) in [6, 6.07) is 16.6. The summed E-state index contributed by atoms with van der Waals surface area (Å²) in [4.78, 5) is 27.9. The molecule has 0 saturated carbocycles. The number of carbonyl (C=O) groups excluding carboxylic acids is 2. The smallest absolute Gasteiger partial charge is 0.300 e. The van der Waals surface area contributed by atoms with E-state index < -0.39 is 17.7 Å². The summed E-state index contributed by atoms with van der Waals surface area (Å²) in [6.07, 6.45) is 0.715. The van der Waals surface area contributed by atoms with Crippen molar-refractivity contribution in [2.75, 3.05) is 11.5 Å². The minimum Gasteiger partial charge on any atom is -0.507 e. The van der Waals surface area contributed by atoms with E-state index >= 15 is 0 Å². The number of ether oxygens (including phenoxy) is 1. The SMILES string of the molecule is Cc1ccccc1C1/C(=C(\O)c2ccc3c(c2)CCO3)C(=O)C(=O)N1c1cc(Cl)cc(Cl)c1. The second kappa shape index (κ2) is 8.25.